The van der Waals surface area contributed by atoms with Gasteiger partial charge in [-0.3, -0.25) is 29.3 Å². The Balaban J connectivity index is 1.34. The number of fused-ring (bicyclic) bond motifs is 1. The molecular formula is C23H20N6O3S. The molecule has 166 valence electrons. The number of rotatable bonds is 4. The minimum atomic E-state index is -0.584. The van der Waals surface area contributed by atoms with Gasteiger partial charge < -0.3 is 14.8 Å². The molecule has 4 aromatic rings. The summed E-state index contributed by atoms with van der Waals surface area (Å²) in [5.74, 6) is -1.34. The molecule has 1 saturated heterocycles. The van der Waals surface area contributed by atoms with Crippen LogP contribution in [0.15, 0.2) is 54.6 Å². The van der Waals surface area contributed by atoms with Gasteiger partial charge in [-0.15, -0.1) is 11.3 Å². The van der Waals surface area contributed by atoms with E-state index in [9.17, 15) is 14.4 Å². The molecule has 0 aliphatic carbocycles. The summed E-state index contributed by atoms with van der Waals surface area (Å²) in [5.41, 5.74) is 3.77. The zero-order valence-corrected chi connectivity index (χ0v) is 18.6. The minimum absolute atomic E-state index is 0.180. The summed E-state index contributed by atoms with van der Waals surface area (Å²) < 4.78 is 0. The number of H-pyrrole nitrogens is 1. The first-order valence-electron chi connectivity index (χ1n) is 10.4. The Morgan fingerprint density at radius 1 is 1.12 bits per heavy atom. The second-order valence-electron chi connectivity index (χ2n) is 7.79. The molecule has 5 heterocycles. The van der Waals surface area contributed by atoms with Crippen LogP contribution in [-0.4, -0.2) is 73.0 Å². The summed E-state index contributed by atoms with van der Waals surface area (Å²) in [4.78, 5) is 58.8. The molecule has 1 aliphatic rings. The number of piperazine rings is 1. The predicted molar refractivity (Wildman–Crippen MR) is 123 cm³/mol. The minimum Gasteiger partial charge on any atom is -0.359 e. The predicted octanol–water partition coefficient (Wildman–Crippen LogP) is 2.64. The number of carbonyl (C=O) groups is 3. The Morgan fingerprint density at radius 3 is 2.73 bits per heavy atom. The van der Waals surface area contributed by atoms with Crippen LogP contribution in [0, 0.1) is 0 Å². The van der Waals surface area contributed by atoms with Crippen LogP contribution >= 0.6 is 11.3 Å². The largest absolute Gasteiger partial charge is 0.359 e. The van der Waals surface area contributed by atoms with Gasteiger partial charge in [0.25, 0.3) is 17.6 Å². The summed E-state index contributed by atoms with van der Waals surface area (Å²) >= 11 is 1.45. The Morgan fingerprint density at radius 2 is 2.00 bits per heavy atom. The normalized spacial score (nSPS) is 16.2. The van der Waals surface area contributed by atoms with Gasteiger partial charge in [-0.25, -0.2) is 0 Å². The van der Waals surface area contributed by atoms with Crippen molar-refractivity contribution in [3.63, 3.8) is 0 Å². The number of aromatic nitrogens is 4. The van der Waals surface area contributed by atoms with Crippen molar-refractivity contribution in [1.82, 2.24) is 29.7 Å². The molecule has 1 N–H and O–H groups in total. The van der Waals surface area contributed by atoms with E-state index in [1.54, 1.807) is 59.5 Å². The quantitative estimate of drug-likeness (QED) is 0.370. The SMILES string of the molecule is C[C@H]1CN(C(=O)c2ccccn2)CCN1C(=O)C(=O)c1c[nH]c2c(-c3cncs3)nccc12. The van der Waals surface area contributed by atoms with Gasteiger partial charge in [0.1, 0.15) is 11.4 Å². The standard InChI is InChI=1S/C23H20N6O3S/c1-14-12-28(22(31)17-4-2-3-6-25-17)8-9-29(14)23(32)21(30)16-10-27-19-15(16)5-7-26-20(19)18-11-24-13-33-18/h2-7,10-11,13-14,27H,8-9,12H2,1H3/t14-/m0/s1. The molecule has 0 saturated carbocycles. The molecule has 1 atom stereocenters. The van der Waals surface area contributed by atoms with E-state index in [4.69, 9.17) is 0 Å². The molecule has 1 fully saturated rings. The Bertz CT molecular complexity index is 1340. The van der Waals surface area contributed by atoms with Crippen molar-refractivity contribution in [2.75, 3.05) is 19.6 Å². The number of pyridine rings is 2. The van der Waals surface area contributed by atoms with Crippen LogP contribution in [-0.2, 0) is 4.79 Å². The number of ketones is 1. The zero-order chi connectivity index (χ0) is 22.9. The van der Waals surface area contributed by atoms with Crippen LogP contribution in [0.5, 0.6) is 0 Å². The van der Waals surface area contributed by atoms with Crippen LogP contribution in [0.25, 0.3) is 21.5 Å². The van der Waals surface area contributed by atoms with Gasteiger partial charge >= 0.3 is 0 Å². The number of hydrogen-bond acceptors (Lipinski definition) is 7. The number of hydrogen-bond donors (Lipinski definition) is 1. The number of nitrogens with one attached hydrogen (secondary N) is 1. The zero-order valence-electron chi connectivity index (χ0n) is 17.8. The van der Waals surface area contributed by atoms with Crippen LogP contribution in [0.2, 0.25) is 0 Å². The van der Waals surface area contributed by atoms with Crippen molar-refractivity contribution in [3.05, 3.63) is 65.8 Å². The van der Waals surface area contributed by atoms with Crippen molar-refractivity contribution in [3.8, 4) is 10.6 Å². The van der Waals surface area contributed by atoms with Crippen LogP contribution in [0.3, 0.4) is 0 Å². The highest BCUT2D eigenvalue weighted by atomic mass is 32.1. The Labute approximate surface area is 193 Å². The summed E-state index contributed by atoms with van der Waals surface area (Å²) in [7, 11) is 0. The first kappa shape index (κ1) is 21.0. The fourth-order valence-electron chi connectivity index (χ4n) is 4.10. The lowest BCUT2D eigenvalue weighted by Crippen LogP contribution is -2.56. The van der Waals surface area contributed by atoms with E-state index in [0.717, 1.165) is 4.88 Å². The van der Waals surface area contributed by atoms with Crippen molar-refractivity contribution >= 4 is 39.8 Å². The van der Waals surface area contributed by atoms with Crippen molar-refractivity contribution < 1.29 is 14.4 Å². The summed E-state index contributed by atoms with van der Waals surface area (Å²) in [6.07, 6.45) is 6.47. The monoisotopic (exact) mass is 460 g/mol. The third-order valence-corrected chi connectivity index (χ3v) is 6.55. The molecule has 4 aromatic heterocycles. The highest BCUT2D eigenvalue weighted by molar-refractivity contribution is 7.13. The van der Waals surface area contributed by atoms with Gasteiger partial charge in [-0.2, -0.15) is 0 Å². The number of aromatic amines is 1. The van der Waals surface area contributed by atoms with Crippen LogP contribution < -0.4 is 0 Å². The van der Waals surface area contributed by atoms with Gasteiger partial charge in [0.15, 0.2) is 0 Å². The lowest BCUT2D eigenvalue weighted by atomic mass is 10.1. The van der Waals surface area contributed by atoms with E-state index < -0.39 is 11.7 Å². The topological polar surface area (TPSA) is 112 Å². The van der Waals surface area contributed by atoms with E-state index in [1.807, 2.05) is 6.92 Å². The van der Waals surface area contributed by atoms with E-state index in [1.165, 1.54) is 16.2 Å². The van der Waals surface area contributed by atoms with Gasteiger partial charge in [0.05, 0.1) is 21.5 Å². The van der Waals surface area contributed by atoms with E-state index in [-0.39, 0.29) is 18.5 Å². The fraction of sp³-hybridized carbons (Fsp3) is 0.217. The molecule has 0 spiro atoms. The molecule has 1 aliphatic heterocycles. The highest BCUT2D eigenvalue weighted by Crippen LogP contribution is 2.30. The van der Waals surface area contributed by atoms with Crippen molar-refractivity contribution in [2.45, 2.75) is 13.0 Å². The Kier molecular flexibility index (Phi) is 5.43. The number of thiazole rings is 1. The van der Waals surface area contributed by atoms with Gasteiger partial charge in [-0.05, 0) is 25.1 Å². The Hall–Kier alpha value is -3.92. The van der Waals surface area contributed by atoms with Crippen molar-refractivity contribution in [2.24, 2.45) is 0 Å². The van der Waals surface area contributed by atoms with Crippen LogP contribution in [0.1, 0.15) is 27.8 Å². The summed E-state index contributed by atoms with van der Waals surface area (Å²) in [6.45, 7) is 2.79. The molecule has 0 unspecified atom stereocenters. The first-order chi connectivity index (χ1) is 16.0. The molecule has 0 radical (unpaired) electrons. The molecule has 0 bridgehead atoms. The van der Waals surface area contributed by atoms with E-state index >= 15 is 0 Å². The average molecular weight is 461 g/mol. The molecule has 9 nitrogen and oxygen atoms in total. The van der Waals surface area contributed by atoms with E-state index in [2.05, 4.69) is 19.9 Å². The van der Waals surface area contributed by atoms with Gasteiger partial charge in [0, 0.05) is 55.8 Å². The lowest BCUT2D eigenvalue weighted by molar-refractivity contribution is -0.130. The molecule has 2 amide bonds. The maximum absolute atomic E-state index is 13.2. The summed E-state index contributed by atoms with van der Waals surface area (Å²) in [6, 6.07) is 6.61. The molecular weight excluding hydrogens is 440 g/mol. The smallest absolute Gasteiger partial charge is 0.295 e. The second-order valence-corrected chi connectivity index (χ2v) is 8.68. The molecule has 0 aromatic carbocycles. The molecule has 33 heavy (non-hydrogen) atoms. The second kappa shape index (κ2) is 8.55. The first-order valence-corrected chi connectivity index (χ1v) is 11.3. The van der Waals surface area contributed by atoms with E-state index in [0.29, 0.717) is 40.9 Å². The number of amides is 2. The average Bonchev–Trinajstić information content (AvgIpc) is 3.53. The molecule has 5 rings (SSSR count). The maximum Gasteiger partial charge on any atom is 0.295 e. The molecule has 10 heteroatoms. The van der Waals surface area contributed by atoms with Gasteiger partial charge in [0.2, 0.25) is 0 Å². The summed E-state index contributed by atoms with van der Waals surface area (Å²) in [5, 5.41) is 0.642. The maximum atomic E-state index is 13.2. The lowest BCUT2D eigenvalue weighted by Gasteiger charge is -2.39. The third-order valence-electron chi connectivity index (χ3n) is 5.77. The number of nitrogens with zero attached hydrogens (tertiary/aromatic N) is 5. The van der Waals surface area contributed by atoms with Crippen LogP contribution in [0.4, 0.5) is 0 Å². The number of Topliss-reactive ketones (excluding diaryl/α,β-unsaturated/α-hetero) is 1. The third kappa shape index (κ3) is 3.78. The number of carbonyl (C=O) groups excluding carboxylic acids is 3. The fourth-order valence-corrected chi connectivity index (χ4v) is 4.73. The highest BCUT2D eigenvalue weighted by Gasteiger charge is 2.34. The van der Waals surface area contributed by atoms with Gasteiger partial charge in [-0.1, -0.05) is 6.07 Å². The van der Waals surface area contributed by atoms with Crippen molar-refractivity contribution in [1.29, 1.82) is 0 Å².